The van der Waals surface area contributed by atoms with Crippen LogP contribution >= 0.6 is 0 Å². The number of carbonyl (C=O) groups excluding carboxylic acids is 5. The Labute approximate surface area is 375 Å². The summed E-state index contributed by atoms with van der Waals surface area (Å²) in [6.45, 7) is 17.3. The Bertz CT molecular complexity index is 2420. The molecule has 4 aromatic rings. The fourth-order valence-electron chi connectivity index (χ4n) is 9.56. The normalized spacial score (nSPS) is 21.3. The number of aryl methyl sites for hydroxylation is 1. The van der Waals surface area contributed by atoms with Crippen LogP contribution in [0, 0.1) is 17.3 Å². The predicted molar refractivity (Wildman–Crippen MR) is 242 cm³/mol. The molecule has 6 heterocycles. The third-order valence-corrected chi connectivity index (χ3v) is 13.0. The molecule has 16 heteroatoms. The number of hydrogen-bond acceptors (Lipinski definition) is 10. The van der Waals surface area contributed by atoms with Crippen molar-refractivity contribution < 1.29 is 33.4 Å². The zero-order valence-electron chi connectivity index (χ0n) is 38.4. The molecule has 3 aliphatic rings. The predicted octanol–water partition coefficient (Wildman–Crippen LogP) is 4.92. The Hall–Kier alpha value is -5.87. The van der Waals surface area contributed by atoms with Crippen molar-refractivity contribution in [1.29, 1.82) is 0 Å². The maximum atomic E-state index is 14.6. The first-order valence-electron chi connectivity index (χ1n) is 22.4. The van der Waals surface area contributed by atoms with E-state index in [1.54, 1.807) is 36.1 Å². The van der Waals surface area contributed by atoms with E-state index in [4.69, 9.17) is 19.6 Å². The number of nitrogens with one attached hydrogen (secondary N) is 2. The third kappa shape index (κ3) is 9.34. The molecule has 1 aromatic carbocycles. The van der Waals surface area contributed by atoms with Gasteiger partial charge >= 0.3 is 5.97 Å². The molecule has 7 rings (SSSR count). The summed E-state index contributed by atoms with van der Waals surface area (Å²) in [5.74, 6) is -2.71. The fraction of sp³-hybridized carbons (Fsp3) is 0.521. The van der Waals surface area contributed by atoms with E-state index in [-0.39, 0.29) is 43.5 Å². The average molecular weight is 878 g/mol. The van der Waals surface area contributed by atoms with Crippen molar-refractivity contribution in [2.24, 2.45) is 17.3 Å². The van der Waals surface area contributed by atoms with Crippen LogP contribution in [0.15, 0.2) is 61.6 Å². The Kier molecular flexibility index (Phi) is 13.8. The number of hydrazine groups is 1. The van der Waals surface area contributed by atoms with Crippen molar-refractivity contribution in [3.8, 4) is 22.4 Å². The van der Waals surface area contributed by atoms with Crippen LogP contribution in [0.25, 0.3) is 33.3 Å². The van der Waals surface area contributed by atoms with Crippen LogP contribution in [0.2, 0.25) is 0 Å². The molecule has 0 radical (unpaired) electrons. The van der Waals surface area contributed by atoms with Gasteiger partial charge in [0.15, 0.2) is 0 Å². The largest absolute Gasteiger partial charge is 0.464 e. The second-order valence-corrected chi connectivity index (χ2v) is 18.5. The van der Waals surface area contributed by atoms with Crippen LogP contribution in [0.5, 0.6) is 0 Å². The number of hydrogen-bond donors (Lipinski definition) is 2. The molecule has 2 fully saturated rings. The molecule has 5 atom stereocenters. The minimum absolute atomic E-state index is 0.0267. The topological polar surface area (TPSA) is 173 Å². The SMILES string of the molecule is C=CC(=O)N1CC[C@H](C(=O)N(C)[C@H](C(=O)N[C@H]2Cn3cc(cn3)-c3ccc4c(c3)c(c(-c3cccnc3[C@H](C)OC)n4CC)CC(C)(C)COC(=O)[C@@H]3CCCN(N3)C2=O)C(C)C)C1. The summed E-state index contributed by atoms with van der Waals surface area (Å²) in [7, 11) is 3.27. The summed E-state index contributed by atoms with van der Waals surface area (Å²) in [6, 6.07) is 7.55. The Morgan fingerprint density at radius 1 is 1.11 bits per heavy atom. The van der Waals surface area contributed by atoms with E-state index in [0.29, 0.717) is 45.3 Å². The van der Waals surface area contributed by atoms with E-state index >= 15 is 0 Å². The van der Waals surface area contributed by atoms with Gasteiger partial charge in [0, 0.05) is 80.2 Å². The molecular formula is C48H63N9O7. The van der Waals surface area contributed by atoms with Gasteiger partial charge in [-0.2, -0.15) is 5.10 Å². The van der Waals surface area contributed by atoms with Crippen molar-refractivity contribution in [2.45, 2.75) is 105 Å². The van der Waals surface area contributed by atoms with Gasteiger partial charge in [-0.25, -0.2) is 5.43 Å². The number of fused-ring (bicyclic) bond motifs is 6. The molecule has 6 bridgehead atoms. The highest BCUT2D eigenvalue weighted by atomic mass is 16.5. The second kappa shape index (κ2) is 19.1. The highest BCUT2D eigenvalue weighted by Gasteiger charge is 2.40. The molecule has 0 unspecified atom stereocenters. The lowest BCUT2D eigenvalue weighted by Crippen LogP contribution is -2.62. The van der Waals surface area contributed by atoms with E-state index in [1.165, 1.54) is 16.0 Å². The lowest BCUT2D eigenvalue weighted by atomic mass is 9.84. The third-order valence-electron chi connectivity index (χ3n) is 13.0. The number of amides is 4. The van der Waals surface area contributed by atoms with Crippen LogP contribution in [0.3, 0.4) is 0 Å². The number of nitrogens with zero attached hydrogens (tertiary/aromatic N) is 7. The van der Waals surface area contributed by atoms with Crippen molar-refractivity contribution in [1.82, 2.24) is 44.9 Å². The number of carbonyl (C=O) groups is 5. The minimum Gasteiger partial charge on any atom is -0.464 e. The van der Waals surface area contributed by atoms with E-state index in [9.17, 15) is 24.0 Å². The van der Waals surface area contributed by atoms with Crippen LogP contribution in [0.4, 0.5) is 0 Å². The quantitative estimate of drug-likeness (QED) is 0.165. The molecule has 342 valence electrons. The molecular weight excluding hydrogens is 815 g/mol. The van der Waals surface area contributed by atoms with Gasteiger partial charge in [0.1, 0.15) is 18.1 Å². The van der Waals surface area contributed by atoms with Gasteiger partial charge in [0.25, 0.3) is 5.91 Å². The van der Waals surface area contributed by atoms with Gasteiger partial charge < -0.3 is 29.2 Å². The molecule has 3 aromatic heterocycles. The summed E-state index contributed by atoms with van der Waals surface area (Å²) < 4.78 is 15.8. The van der Waals surface area contributed by atoms with Crippen LogP contribution in [0.1, 0.15) is 78.2 Å². The number of likely N-dealkylation sites (tertiary alicyclic amines) is 1. The Morgan fingerprint density at radius 3 is 2.61 bits per heavy atom. The molecule has 3 aliphatic heterocycles. The molecule has 2 saturated heterocycles. The van der Waals surface area contributed by atoms with Crippen LogP contribution < -0.4 is 10.7 Å². The van der Waals surface area contributed by atoms with Gasteiger partial charge in [-0.1, -0.05) is 40.3 Å². The number of ether oxygens (including phenoxy) is 2. The summed E-state index contributed by atoms with van der Waals surface area (Å²) in [5, 5.41) is 10.1. The molecule has 0 aliphatic carbocycles. The van der Waals surface area contributed by atoms with Gasteiger partial charge in [0.2, 0.25) is 17.7 Å². The summed E-state index contributed by atoms with van der Waals surface area (Å²) >= 11 is 0. The highest BCUT2D eigenvalue weighted by Crippen LogP contribution is 2.42. The summed E-state index contributed by atoms with van der Waals surface area (Å²) in [4.78, 5) is 76.8. The summed E-state index contributed by atoms with van der Waals surface area (Å²) in [6.07, 6.45) is 8.42. The standard InChI is InChI=1S/C48H63N9O7/c1-10-40(58)54-21-18-32(25-54)45(60)53(8)42(29(3)4)44(59)51-38-27-55-26-33(24-50-55)31-16-17-39-35(22-31)36(43(56(39)11-2)34-14-12-19-49-41(34)30(5)63-9)23-48(6,7)28-64-47(62)37-15-13-20-57(52-37)46(38)61/h10,12,14,16-17,19,22,24,26,29-30,32,37-38,42,52H,1,11,13,15,18,20-21,23,25,27-28H2,2-9H3,(H,51,59)/t30-,32-,37-,38-,42-/m0/s1. The van der Waals surface area contributed by atoms with Crippen molar-refractivity contribution >= 4 is 40.5 Å². The first kappa shape index (κ1) is 46.1. The Morgan fingerprint density at radius 2 is 1.89 bits per heavy atom. The number of likely N-dealkylation sites (N-methyl/N-ethyl adjacent to an activating group) is 1. The summed E-state index contributed by atoms with van der Waals surface area (Å²) in [5.41, 5.74) is 9.32. The number of pyridine rings is 1. The zero-order valence-corrected chi connectivity index (χ0v) is 38.4. The molecule has 64 heavy (non-hydrogen) atoms. The molecule has 16 nitrogen and oxygen atoms in total. The number of methoxy groups -OCH3 is 1. The van der Waals surface area contributed by atoms with E-state index in [0.717, 1.165) is 44.5 Å². The highest BCUT2D eigenvalue weighted by molar-refractivity contribution is 5.96. The number of esters is 1. The maximum absolute atomic E-state index is 14.6. The first-order chi connectivity index (χ1) is 30.5. The monoisotopic (exact) mass is 877 g/mol. The van der Waals surface area contributed by atoms with Gasteiger partial charge in [-0.15, -0.1) is 0 Å². The molecule has 0 saturated carbocycles. The van der Waals surface area contributed by atoms with Gasteiger partial charge in [-0.3, -0.25) is 38.6 Å². The smallest absolute Gasteiger partial charge is 0.324 e. The van der Waals surface area contributed by atoms with Crippen molar-refractivity contribution in [3.05, 3.63) is 72.8 Å². The average Bonchev–Trinajstić information content (AvgIpc) is 4.05. The van der Waals surface area contributed by atoms with Crippen molar-refractivity contribution in [3.63, 3.8) is 0 Å². The number of cyclic esters (lactones) is 1. The number of aromatic nitrogens is 4. The molecule has 4 amide bonds. The molecule has 0 spiro atoms. The fourth-order valence-corrected chi connectivity index (χ4v) is 9.56. The van der Waals surface area contributed by atoms with Crippen LogP contribution in [-0.2, 0) is 53.0 Å². The first-order valence-corrected chi connectivity index (χ1v) is 22.4. The van der Waals surface area contributed by atoms with E-state index in [2.05, 4.69) is 66.9 Å². The van der Waals surface area contributed by atoms with Gasteiger partial charge in [0.05, 0.1) is 42.8 Å². The van der Waals surface area contributed by atoms with Crippen molar-refractivity contribution in [2.75, 3.05) is 40.4 Å². The second-order valence-electron chi connectivity index (χ2n) is 18.5. The number of benzene rings is 1. The maximum Gasteiger partial charge on any atom is 0.324 e. The van der Waals surface area contributed by atoms with E-state index in [1.807, 2.05) is 33.0 Å². The Balaban J connectivity index is 1.27. The zero-order chi connectivity index (χ0) is 46.0. The number of rotatable bonds is 10. The minimum atomic E-state index is -1.13. The lowest BCUT2D eigenvalue weighted by Gasteiger charge is -2.37. The van der Waals surface area contributed by atoms with E-state index < -0.39 is 47.2 Å². The van der Waals surface area contributed by atoms with Gasteiger partial charge in [-0.05, 0) is 86.9 Å². The van der Waals surface area contributed by atoms with Crippen LogP contribution in [-0.4, -0.2) is 122 Å². The lowest BCUT2D eigenvalue weighted by molar-refractivity contribution is -0.155. The molecule has 2 N–H and O–H groups in total.